The van der Waals surface area contributed by atoms with Gasteiger partial charge in [0.05, 0.1) is 11.4 Å². The highest BCUT2D eigenvalue weighted by atomic mass is 32.2. The van der Waals surface area contributed by atoms with Gasteiger partial charge in [-0.25, -0.2) is 8.42 Å². The lowest BCUT2D eigenvalue weighted by Gasteiger charge is -2.23. The van der Waals surface area contributed by atoms with Crippen molar-refractivity contribution in [3.05, 3.63) is 29.8 Å². The number of nitrogens with zero attached hydrogens (tertiary/aromatic N) is 1. The van der Waals surface area contributed by atoms with E-state index < -0.39 is 10.0 Å². The second kappa shape index (κ2) is 6.02. The SMILES string of the molecule is CCS(=O)(=O)N(CCCN)c1ccc(C)cc1. The smallest absolute Gasteiger partial charge is 0.234 e. The number of hydrogen-bond acceptors (Lipinski definition) is 3. The molecular weight excluding hydrogens is 236 g/mol. The van der Waals surface area contributed by atoms with Crippen LogP contribution in [0.25, 0.3) is 0 Å². The van der Waals surface area contributed by atoms with Gasteiger partial charge in [-0.05, 0) is 38.9 Å². The number of benzene rings is 1. The van der Waals surface area contributed by atoms with Crippen LogP contribution in [0, 0.1) is 6.92 Å². The molecule has 17 heavy (non-hydrogen) atoms. The molecule has 0 heterocycles. The van der Waals surface area contributed by atoms with Crippen molar-refractivity contribution >= 4 is 15.7 Å². The van der Waals surface area contributed by atoms with E-state index in [9.17, 15) is 8.42 Å². The Kier molecular flexibility index (Phi) is 4.96. The molecular formula is C12H20N2O2S. The van der Waals surface area contributed by atoms with Crippen molar-refractivity contribution in [1.29, 1.82) is 0 Å². The first kappa shape index (κ1) is 14.0. The summed E-state index contributed by atoms with van der Waals surface area (Å²) < 4.78 is 25.4. The molecule has 0 bridgehead atoms. The Labute approximate surface area is 103 Å². The molecule has 1 aromatic rings. The van der Waals surface area contributed by atoms with Crippen LogP contribution >= 0.6 is 0 Å². The zero-order valence-corrected chi connectivity index (χ0v) is 11.2. The van der Waals surface area contributed by atoms with E-state index in [2.05, 4.69) is 0 Å². The van der Waals surface area contributed by atoms with Gasteiger partial charge in [0.2, 0.25) is 10.0 Å². The van der Waals surface area contributed by atoms with Crippen LogP contribution in [0.2, 0.25) is 0 Å². The monoisotopic (exact) mass is 256 g/mol. The topological polar surface area (TPSA) is 63.4 Å². The maximum Gasteiger partial charge on any atom is 0.234 e. The summed E-state index contributed by atoms with van der Waals surface area (Å²) in [6.45, 7) is 4.55. The van der Waals surface area contributed by atoms with Crippen molar-refractivity contribution in [3.63, 3.8) is 0 Å². The second-order valence-electron chi connectivity index (χ2n) is 3.95. The van der Waals surface area contributed by atoms with Gasteiger partial charge in [0.15, 0.2) is 0 Å². The molecule has 0 atom stereocenters. The third-order valence-electron chi connectivity index (χ3n) is 2.59. The van der Waals surface area contributed by atoms with E-state index in [1.54, 1.807) is 6.92 Å². The Morgan fingerprint density at radius 3 is 2.29 bits per heavy atom. The van der Waals surface area contributed by atoms with Crippen LogP contribution in [0.15, 0.2) is 24.3 Å². The molecule has 0 amide bonds. The third-order valence-corrected chi connectivity index (χ3v) is 4.38. The van der Waals surface area contributed by atoms with Crippen molar-refractivity contribution in [2.45, 2.75) is 20.3 Å². The van der Waals surface area contributed by atoms with Crippen LogP contribution in [0.4, 0.5) is 5.69 Å². The lowest BCUT2D eigenvalue weighted by Crippen LogP contribution is -2.34. The highest BCUT2D eigenvalue weighted by molar-refractivity contribution is 7.92. The van der Waals surface area contributed by atoms with Gasteiger partial charge in [-0.1, -0.05) is 17.7 Å². The first-order valence-corrected chi connectivity index (χ1v) is 7.39. The quantitative estimate of drug-likeness (QED) is 0.839. The Morgan fingerprint density at radius 2 is 1.82 bits per heavy atom. The van der Waals surface area contributed by atoms with Gasteiger partial charge in [0.1, 0.15) is 0 Å². The first-order chi connectivity index (χ1) is 8.01. The Hall–Kier alpha value is -1.07. The summed E-state index contributed by atoms with van der Waals surface area (Å²) in [7, 11) is -3.22. The van der Waals surface area contributed by atoms with Gasteiger partial charge >= 0.3 is 0 Å². The summed E-state index contributed by atoms with van der Waals surface area (Å²) in [5, 5.41) is 0. The fourth-order valence-corrected chi connectivity index (χ4v) is 2.69. The number of rotatable bonds is 6. The molecule has 96 valence electrons. The average molecular weight is 256 g/mol. The molecule has 1 aromatic carbocycles. The molecule has 0 saturated heterocycles. The van der Waals surface area contributed by atoms with Crippen molar-refractivity contribution in [1.82, 2.24) is 0 Å². The molecule has 4 nitrogen and oxygen atoms in total. The third kappa shape index (κ3) is 3.71. The Morgan fingerprint density at radius 1 is 1.24 bits per heavy atom. The minimum Gasteiger partial charge on any atom is -0.330 e. The molecule has 0 aromatic heterocycles. The molecule has 0 saturated carbocycles. The standard InChI is InChI=1S/C12H20N2O2S/c1-3-17(15,16)14(10-4-9-13)12-7-5-11(2)6-8-12/h5-8H,3-4,9-10,13H2,1-2H3. The molecule has 2 N–H and O–H groups in total. The molecule has 0 spiro atoms. The van der Waals surface area contributed by atoms with E-state index in [1.165, 1.54) is 4.31 Å². The molecule has 0 unspecified atom stereocenters. The molecule has 0 aliphatic rings. The first-order valence-electron chi connectivity index (χ1n) is 5.78. The fraction of sp³-hybridized carbons (Fsp3) is 0.500. The molecule has 0 radical (unpaired) electrons. The predicted molar refractivity (Wildman–Crippen MR) is 71.7 cm³/mol. The fourth-order valence-electron chi connectivity index (χ4n) is 1.53. The molecule has 1 rings (SSSR count). The lowest BCUT2D eigenvalue weighted by atomic mass is 10.2. The van der Waals surface area contributed by atoms with Crippen LogP contribution in [-0.4, -0.2) is 27.3 Å². The summed E-state index contributed by atoms with van der Waals surface area (Å²) in [6.07, 6.45) is 0.660. The average Bonchev–Trinajstić information content (AvgIpc) is 2.31. The second-order valence-corrected chi connectivity index (χ2v) is 6.13. The number of nitrogens with two attached hydrogens (primary N) is 1. The lowest BCUT2D eigenvalue weighted by molar-refractivity contribution is 0.590. The number of anilines is 1. The zero-order chi connectivity index (χ0) is 12.9. The normalized spacial score (nSPS) is 11.5. The Bertz CT molecular complexity index is 440. The van der Waals surface area contributed by atoms with Gasteiger partial charge in [-0.15, -0.1) is 0 Å². The maximum absolute atomic E-state index is 12.0. The summed E-state index contributed by atoms with van der Waals surface area (Å²) in [5.74, 6) is 0.103. The van der Waals surface area contributed by atoms with Gasteiger partial charge in [0.25, 0.3) is 0 Å². The minimum absolute atomic E-state index is 0.103. The molecule has 0 fully saturated rings. The maximum atomic E-state index is 12.0. The van der Waals surface area contributed by atoms with E-state index in [0.29, 0.717) is 25.2 Å². The molecule has 5 heteroatoms. The number of sulfonamides is 1. The predicted octanol–water partition coefficient (Wildman–Crippen LogP) is 1.50. The largest absolute Gasteiger partial charge is 0.330 e. The Balaban J connectivity index is 3.02. The van der Waals surface area contributed by atoms with Crippen LogP contribution in [-0.2, 0) is 10.0 Å². The molecule has 0 aliphatic carbocycles. The number of aryl methyl sites for hydroxylation is 1. The van der Waals surface area contributed by atoms with Gasteiger partial charge in [0, 0.05) is 6.54 Å². The van der Waals surface area contributed by atoms with Gasteiger partial charge in [-0.3, -0.25) is 4.31 Å². The zero-order valence-electron chi connectivity index (χ0n) is 10.4. The van der Waals surface area contributed by atoms with E-state index in [-0.39, 0.29) is 5.75 Å². The van der Waals surface area contributed by atoms with Crippen molar-refractivity contribution in [2.75, 3.05) is 23.1 Å². The van der Waals surface area contributed by atoms with Crippen LogP contribution < -0.4 is 10.0 Å². The highest BCUT2D eigenvalue weighted by Crippen LogP contribution is 2.19. The summed E-state index contributed by atoms with van der Waals surface area (Å²) in [5.41, 5.74) is 7.27. The van der Waals surface area contributed by atoms with E-state index in [1.807, 2.05) is 31.2 Å². The highest BCUT2D eigenvalue weighted by Gasteiger charge is 2.19. The van der Waals surface area contributed by atoms with E-state index in [4.69, 9.17) is 5.73 Å². The van der Waals surface area contributed by atoms with Crippen molar-refractivity contribution in [3.8, 4) is 0 Å². The van der Waals surface area contributed by atoms with Crippen molar-refractivity contribution < 1.29 is 8.42 Å². The van der Waals surface area contributed by atoms with Crippen LogP contribution in [0.3, 0.4) is 0 Å². The van der Waals surface area contributed by atoms with Crippen molar-refractivity contribution in [2.24, 2.45) is 5.73 Å². The summed E-state index contributed by atoms with van der Waals surface area (Å²) in [4.78, 5) is 0. The minimum atomic E-state index is -3.22. The van der Waals surface area contributed by atoms with E-state index in [0.717, 1.165) is 5.56 Å². The van der Waals surface area contributed by atoms with E-state index >= 15 is 0 Å². The van der Waals surface area contributed by atoms with Gasteiger partial charge < -0.3 is 5.73 Å². The summed E-state index contributed by atoms with van der Waals surface area (Å²) in [6, 6.07) is 7.49. The molecule has 0 aliphatic heterocycles. The number of hydrogen-bond donors (Lipinski definition) is 1. The van der Waals surface area contributed by atoms with Crippen LogP contribution in [0.5, 0.6) is 0 Å². The van der Waals surface area contributed by atoms with Gasteiger partial charge in [-0.2, -0.15) is 0 Å². The summed E-state index contributed by atoms with van der Waals surface area (Å²) >= 11 is 0. The van der Waals surface area contributed by atoms with Crippen LogP contribution in [0.1, 0.15) is 18.9 Å².